The van der Waals surface area contributed by atoms with Crippen molar-refractivity contribution in [3.63, 3.8) is 0 Å². The van der Waals surface area contributed by atoms with Crippen LogP contribution in [0.15, 0.2) is 48.5 Å². The number of alkyl halides is 3. The SMILES string of the molecule is CCCN(C(=O)c1ccc(F)c(C(F)(F)F)c1)C1CCN(C(=O)c2ccccc2)CC1. The van der Waals surface area contributed by atoms with Crippen LogP contribution < -0.4 is 0 Å². The molecule has 0 spiro atoms. The minimum absolute atomic E-state index is 0.0826. The van der Waals surface area contributed by atoms with E-state index >= 15 is 0 Å². The summed E-state index contributed by atoms with van der Waals surface area (Å²) in [4.78, 5) is 28.9. The minimum Gasteiger partial charge on any atom is -0.338 e. The van der Waals surface area contributed by atoms with Crippen LogP contribution in [-0.2, 0) is 6.18 Å². The highest BCUT2D eigenvalue weighted by Crippen LogP contribution is 2.32. The first-order valence-electron chi connectivity index (χ1n) is 10.2. The lowest BCUT2D eigenvalue weighted by atomic mass is 10.00. The molecule has 31 heavy (non-hydrogen) atoms. The molecule has 3 rings (SSSR count). The van der Waals surface area contributed by atoms with Crippen molar-refractivity contribution in [2.75, 3.05) is 19.6 Å². The van der Waals surface area contributed by atoms with Gasteiger partial charge >= 0.3 is 6.18 Å². The smallest absolute Gasteiger partial charge is 0.338 e. The van der Waals surface area contributed by atoms with Crippen LogP contribution in [0.5, 0.6) is 0 Å². The van der Waals surface area contributed by atoms with Gasteiger partial charge in [-0.25, -0.2) is 4.39 Å². The first-order valence-corrected chi connectivity index (χ1v) is 10.2. The molecule has 1 aliphatic rings. The molecule has 0 N–H and O–H groups in total. The van der Waals surface area contributed by atoms with Gasteiger partial charge in [-0.2, -0.15) is 13.2 Å². The van der Waals surface area contributed by atoms with Crippen molar-refractivity contribution in [2.45, 2.75) is 38.4 Å². The van der Waals surface area contributed by atoms with Crippen LogP contribution in [0.25, 0.3) is 0 Å². The van der Waals surface area contributed by atoms with Crippen molar-refractivity contribution in [2.24, 2.45) is 0 Å². The van der Waals surface area contributed by atoms with Gasteiger partial charge in [0.05, 0.1) is 5.56 Å². The Morgan fingerprint density at radius 2 is 1.68 bits per heavy atom. The van der Waals surface area contributed by atoms with E-state index in [2.05, 4.69) is 0 Å². The molecule has 8 heteroatoms. The van der Waals surface area contributed by atoms with Crippen LogP contribution in [0.2, 0.25) is 0 Å². The van der Waals surface area contributed by atoms with Gasteiger partial charge in [0.15, 0.2) is 0 Å². The molecule has 1 saturated heterocycles. The number of hydrogen-bond acceptors (Lipinski definition) is 2. The molecule has 2 amide bonds. The largest absolute Gasteiger partial charge is 0.419 e. The van der Waals surface area contributed by atoms with Gasteiger partial charge in [0, 0.05) is 36.8 Å². The zero-order valence-electron chi connectivity index (χ0n) is 17.2. The van der Waals surface area contributed by atoms with E-state index in [1.165, 1.54) is 0 Å². The third-order valence-corrected chi connectivity index (χ3v) is 5.46. The third-order valence-electron chi connectivity index (χ3n) is 5.46. The first kappa shape index (κ1) is 22.8. The molecule has 1 aliphatic heterocycles. The van der Waals surface area contributed by atoms with E-state index in [0.29, 0.717) is 56.6 Å². The molecule has 166 valence electrons. The van der Waals surface area contributed by atoms with Gasteiger partial charge in [0.2, 0.25) is 0 Å². The van der Waals surface area contributed by atoms with Gasteiger partial charge in [0.1, 0.15) is 5.82 Å². The molecule has 0 aliphatic carbocycles. The summed E-state index contributed by atoms with van der Waals surface area (Å²) in [5.41, 5.74) is -1.04. The Morgan fingerprint density at radius 3 is 2.26 bits per heavy atom. The standard InChI is InChI=1S/C23H24F4N2O2/c1-2-12-29(22(31)17-8-9-20(24)19(15-17)23(25,26)27)18-10-13-28(14-11-18)21(30)16-6-4-3-5-7-16/h3-9,15,18H,2,10-14H2,1H3. The first-order chi connectivity index (χ1) is 14.7. The Hall–Kier alpha value is -2.90. The van der Waals surface area contributed by atoms with E-state index in [-0.39, 0.29) is 17.5 Å². The molecule has 0 radical (unpaired) electrons. The number of nitrogens with zero attached hydrogens (tertiary/aromatic N) is 2. The fourth-order valence-corrected chi connectivity index (χ4v) is 3.88. The summed E-state index contributed by atoms with van der Waals surface area (Å²) in [5.74, 6) is -2.04. The number of halogens is 4. The molecule has 0 aromatic heterocycles. The van der Waals surface area contributed by atoms with Crippen LogP contribution in [-0.4, -0.2) is 47.3 Å². The van der Waals surface area contributed by atoms with Crippen LogP contribution in [0.4, 0.5) is 17.6 Å². The van der Waals surface area contributed by atoms with E-state index < -0.39 is 23.5 Å². The Kier molecular flexibility index (Phi) is 6.97. The highest BCUT2D eigenvalue weighted by atomic mass is 19.4. The summed E-state index contributed by atoms with van der Waals surface area (Å²) >= 11 is 0. The van der Waals surface area contributed by atoms with Gasteiger partial charge in [-0.3, -0.25) is 9.59 Å². The topological polar surface area (TPSA) is 40.6 Å². The molecule has 2 aromatic rings. The van der Waals surface area contributed by atoms with E-state index in [1.807, 2.05) is 13.0 Å². The number of likely N-dealkylation sites (tertiary alicyclic amines) is 1. The van der Waals surface area contributed by atoms with Gasteiger partial charge in [-0.15, -0.1) is 0 Å². The van der Waals surface area contributed by atoms with Crippen LogP contribution in [0, 0.1) is 5.82 Å². The number of amides is 2. The average molecular weight is 436 g/mol. The molecule has 4 nitrogen and oxygen atoms in total. The number of rotatable bonds is 5. The molecule has 2 aromatic carbocycles. The molecular weight excluding hydrogens is 412 g/mol. The van der Waals surface area contributed by atoms with Crippen LogP contribution in [0.3, 0.4) is 0 Å². The van der Waals surface area contributed by atoms with Crippen molar-refractivity contribution >= 4 is 11.8 Å². The maximum Gasteiger partial charge on any atom is 0.419 e. The Labute approximate surface area is 178 Å². The van der Waals surface area contributed by atoms with E-state index in [9.17, 15) is 27.2 Å². The summed E-state index contributed by atoms with van der Waals surface area (Å²) in [6, 6.07) is 11.0. The summed E-state index contributed by atoms with van der Waals surface area (Å²) in [5, 5.41) is 0. The lowest BCUT2D eigenvalue weighted by molar-refractivity contribution is -0.140. The van der Waals surface area contributed by atoms with Crippen molar-refractivity contribution in [3.8, 4) is 0 Å². The molecule has 1 fully saturated rings. The Bertz CT molecular complexity index is 923. The fourth-order valence-electron chi connectivity index (χ4n) is 3.88. The summed E-state index contributed by atoms with van der Waals surface area (Å²) in [6.07, 6.45) is -3.20. The second-order valence-corrected chi connectivity index (χ2v) is 7.58. The summed E-state index contributed by atoms with van der Waals surface area (Å²) in [6.45, 7) is 3.14. The van der Waals surface area contributed by atoms with Crippen molar-refractivity contribution < 1.29 is 27.2 Å². The maximum absolute atomic E-state index is 13.6. The van der Waals surface area contributed by atoms with Gasteiger partial charge in [-0.05, 0) is 49.6 Å². The van der Waals surface area contributed by atoms with E-state index in [1.54, 1.807) is 34.1 Å². The Morgan fingerprint density at radius 1 is 1.03 bits per heavy atom. The highest BCUT2D eigenvalue weighted by Gasteiger charge is 2.36. The fraction of sp³-hybridized carbons (Fsp3) is 0.391. The highest BCUT2D eigenvalue weighted by molar-refractivity contribution is 5.95. The van der Waals surface area contributed by atoms with Gasteiger partial charge in [-0.1, -0.05) is 25.1 Å². The average Bonchev–Trinajstić information content (AvgIpc) is 2.77. The third kappa shape index (κ3) is 5.24. The zero-order chi connectivity index (χ0) is 22.6. The quantitative estimate of drug-likeness (QED) is 0.619. The van der Waals surface area contributed by atoms with Gasteiger partial charge < -0.3 is 9.80 Å². The molecule has 0 saturated carbocycles. The minimum atomic E-state index is -4.88. The number of piperidine rings is 1. The second kappa shape index (κ2) is 9.49. The lowest BCUT2D eigenvalue weighted by Crippen LogP contribution is -2.49. The summed E-state index contributed by atoms with van der Waals surface area (Å²) < 4.78 is 52.8. The summed E-state index contributed by atoms with van der Waals surface area (Å²) in [7, 11) is 0. The maximum atomic E-state index is 13.6. The molecule has 0 atom stereocenters. The van der Waals surface area contributed by atoms with Crippen molar-refractivity contribution in [3.05, 3.63) is 71.0 Å². The van der Waals surface area contributed by atoms with Crippen LogP contribution in [0.1, 0.15) is 52.5 Å². The second-order valence-electron chi connectivity index (χ2n) is 7.58. The molecule has 0 bridgehead atoms. The number of carbonyl (C=O) groups excluding carboxylic acids is 2. The van der Waals surface area contributed by atoms with Crippen LogP contribution >= 0.6 is 0 Å². The van der Waals surface area contributed by atoms with E-state index in [4.69, 9.17) is 0 Å². The zero-order valence-corrected chi connectivity index (χ0v) is 17.2. The predicted octanol–water partition coefficient (Wildman–Crippen LogP) is 5.00. The monoisotopic (exact) mass is 436 g/mol. The van der Waals surface area contributed by atoms with Crippen molar-refractivity contribution in [1.82, 2.24) is 9.80 Å². The lowest BCUT2D eigenvalue weighted by Gasteiger charge is -2.38. The van der Waals surface area contributed by atoms with Gasteiger partial charge in [0.25, 0.3) is 11.8 Å². The molecule has 0 unspecified atom stereocenters. The number of hydrogen-bond donors (Lipinski definition) is 0. The number of benzene rings is 2. The predicted molar refractivity (Wildman–Crippen MR) is 108 cm³/mol. The van der Waals surface area contributed by atoms with E-state index in [0.717, 1.165) is 6.07 Å². The molecular formula is C23H24F4N2O2. The van der Waals surface area contributed by atoms with Crippen molar-refractivity contribution in [1.29, 1.82) is 0 Å². The number of carbonyl (C=O) groups is 2. The Balaban J connectivity index is 1.73. The normalized spacial score (nSPS) is 15.1. The molecule has 1 heterocycles.